The van der Waals surface area contributed by atoms with Crippen LogP contribution < -0.4 is 0 Å². The summed E-state index contributed by atoms with van der Waals surface area (Å²) in [5.74, 6) is 0.899. The Bertz CT molecular complexity index is 1500. The molecule has 2 aromatic carbocycles. The second-order valence-corrected chi connectivity index (χ2v) is 6.81. The van der Waals surface area contributed by atoms with Crippen LogP contribution in [0.2, 0.25) is 0 Å². The van der Waals surface area contributed by atoms with Crippen LogP contribution in [0.25, 0.3) is 50.8 Å². The lowest BCUT2D eigenvalue weighted by atomic mass is 10.0. The average Bonchev–Trinajstić information content (AvgIpc) is 3.46. The van der Waals surface area contributed by atoms with Crippen molar-refractivity contribution in [2.45, 2.75) is 0 Å². The summed E-state index contributed by atoms with van der Waals surface area (Å²) >= 11 is 0. The number of pyridine rings is 1. The van der Waals surface area contributed by atoms with Gasteiger partial charge < -0.3 is 4.52 Å². The molecule has 4 aromatic heterocycles. The molecule has 0 aliphatic heterocycles. The van der Waals surface area contributed by atoms with Crippen molar-refractivity contribution >= 4 is 16.6 Å². The number of rotatable bonds is 3. The highest BCUT2D eigenvalue weighted by Crippen LogP contribution is 2.32. The van der Waals surface area contributed by atoms with E-state index in [-0.39, 0.29) is 0 Å². The van der Waals surface area contributed by atoms with Crippen molar-refractivity contribution in [1.29, 1.82) is 0 Å². The van der Waals surface area contributed by atoms with Crippen LogP contribution in [0.3, 0.4) is 0 Å². The Morgan fingerprint density at radius 3 is 2.67 bits per heavy atom. The van der Waals surface area contributed by atoms with Crippen LogP contribution in [0, 0.1) is 0 Å². The quantitative estimate of drug-likeness (QED) is 0.437. The van der Waals surface area contributed by atoms with Crippen LogP contribution in [0.4, 0.5) is 0 Å². The minimum Gasteiger partial charge on any atom is -0.334 e. The molecule has 4 heterocycles. The van der Waals surface area contributed by atoms with E-state index in [1.807, 2.05) is 71.3 Å². The van der Waals surface area contributed by atoms with Gasteiger partial charge in [0, 0.05) is 23.3 Å². The average molecular weight is 390 g/mol. The molecule has 6 rings (SSSR count). The first-order valence-electron chi connectivity index (χ1n) is 9.43. The summed E-state index contributed by atoms with van der Waals surface area (Å²) < 4.78 is 7.55. The molecule has 0 amide bonds. The topological polar surface area (TPSA) is 82.0 Å². The molecule has 0 N–H and O–H groups in total. The number of para-hydroxylation sites is 1. The predicted octanol–water partition coefficient (Wildman–Crippen LogP) is 4.66. The van der Waals surface area contributed by atoms with E-state index in [2.05, 4.69) is 20.1 Å². The summed E-state index contributed by atoms with van der Waals surface area (Å²) in [4.78, 5) is 17.9. The van der Waals surface area contributed by atoms with Crippen molar-refractivity contribution in [2.24, 2.45) is 0 Å². The van der Waals surface area contributed by atoms with Gasteiger partial charge in [-0.05, 0) is 12.1 Å². The molecule has 30 heavy (non-hydrogen) atoms. The van der Waals surface area contributed by atoms with Crippen molar-refractivity contribution in [3.8, 4) is 34.2 Å². The highest BCUT2D eigenvalue weighted by Gasteiger charge is 2.18. The molecule has 7 heteroatoms. The minimum atomic E-state index is 0.435. The van der Waals surface area contributed by atoms with E-state index in [4.69, 9.17) is 9.51 Å². The molecule has 0 bridgehead atoms. The first-order valence-corrected chi connectivity index (χ1v) is 9.43. The fourth-order valence-electron chi connectivity index (χ4n) is 3.55. The Kier molecular flexibility index (Phi) is 3.64. The summed E-state index contributed by atoms with van der Waals surface area (Å²) in [5, 5.41) is 5.16. The van der Waals surface area contributed by atoms with Crippen LogP contribution in [-0.2, 0) is 0 Å². The smallest absolute Gasteiger partial charge is 0.259 e. The third-order valence-corrected chi connectivity index (χ3v) is 4.99. The number of aromatic nitrogens is 6. The van der Waals surface area contributed by atoms with E-state index in [0.717, 1.165) is 39.1 Å². The van der Waals surface area contributed by atoms with Gasteiger partial charge >= 0.3 is 0 Å². The van der Waals surface area contributed by atoms with Gasteiger partial charge in [-0.25, -0.2) is 9.97 Å². The van der Waals surface area contributed by atoms with Crippen molar-refractivity contribution in [3.05, 3.63) is 85.5 Å². The van der Waals surface area contributed by atoms with Gasteiger partial charge in [-0.2, -0.15) is 4.98 Å². The van der Waals surface area contributed by atoms with E-state index >= 15 is 0 Å². The van der Waals surface area contributed by atoms with E-state index in [0.29, 0.717) is 11.7 Å². The molecular weight excluding hydrogens is 376 g/mol. The van der Waals surface area contributed by atoms with Crippen molar-refractivity contribution in [1.82, 2.24) is 29.5 Å². The zero-order valence-corrected chi connectivity index (χ0v) is 15.7. The first kappa shape index (κ1) is 16.6. The predicted molar refractivity (Wildman–Crippen MR) is 112 cm³/mol. The second-order valence-electron chi connectivity index (χ2n) is 6.81. The van der Waals surface area contributed by atoms with Gasteiger partial charge in [0.1, 0.15) is 5.69 Å². The van der Waals surface area contributed by atoms with Gasteiger partial charge in [0.15, 0.2) is 5.65 Å². The van der Waals surface area contributed by atoms with Gasteiger partial charge in [0.25, 0.3) is 5.89 Å². The summed E-state index contributed by atoms with van der Waals surface area (Å²) in [5.41, 5.74) is 5.05. The molecule has 0 unspecified atom stereocenters. The Hall–Kier alpha value is -4.39. The maximum absolute atomic E-state index is 5.68. The van der Waals surface area contributed by atoms with Crippen molar-refractivity contribution in [2.75, 3.05) is 0 Å². The molecule has 0 aliphatic rings. The minimum absolute atomic E-state index is 0.435. The Balaban J connectivity index is 1.53. The number of hydrogen-bond donors (Lipinski definition) is 0. The fourth-order valence-corrected chi connectivity index (χ4v) is 3.55. The molecule has 7 nitrogen and oxygen atoms in total. The van der Waals surface area contributed by atoms with Gasteiger partial charge in [-0.1, -0.05) is 53.7 Å². The lowest BCUT2D eigenvalue weighted by Crippen LogP contribution is -1.91. The Labute approximate surface area is 170 Å². The van der Waals surface area contributed by atoms with Crippen LogP contribution >= 0.6 is 0 Å². The largest absolute Gasteiger partial charge is 0.334 e. The highest BCUT2D eigenvalue weighted by atomic mass is 16.5. The first-order chi connectivity index (χ1) is 14.9. The van der Waals surface area contributed by atoms with Crippen LogP contribution in [0.1, 0.15) is 0 Å². The van der Waals surface area contributed by atoms with Gasteiger partial charge in [-0.3, -0.25) is 9.38 Å². The van der Waals surface area contributed by atoms with Gasteiger partial charge in [0.2, 0.25) is 5.82 Å². The fraction of sp³-hybridized carbons (Fsp3) is 0. The zero-order chi connectivity index (χ0) is 19.9. The number of nitrogens with zero attached hydrogens (tertiary/aromatic N) is 6. The van der Waals surface area contributed by atoms with Gasteiger partial charge in [0.05, 0.1) is 29.2 Å². The zero-order valence-electron chi connectivity index (χ0n) is 15.7. The monoisotopic (exact) mass is 390 g/mol. The standard InChI is InChI=1S/C23H14N6O/c1-2-6-15(7-3-1)19-12-17(16-8-4-5-9-18(16)26-19)23-27-22(28-30-23)20-13-25-21-14-24-10-11-29(20)21/h1-14H. The molecule has 142 valence electrons. The lowest BCUT2D eigenvalue weighted by molar-refractivity contribution is 0.432. The number of fused-ring (bicyclic) bond motifs is 2. The van der Waals surface area contributed by atoms with Crippen LogP contribution in [0.5, 0.6) is 0 Å². The molecule has 0 atom stereocenters. The number of imidazole rings is 1. The summed E-state index contributed by atoms with van der Waals surface area (Å²) in [6.45, 7) is 0. The molecule has 0 saturated carbocycles. The molecular formula is C23H14N6O. The maximum Gasteiger partial charge on any atom is 0.259 e. The summed E-state index contributed by atoms with van der Waals surface area (Å²) in [6.07, 6.45) is 6.92. The number of benzene rings is 2. The van der Waals surface area contributed by atoms with Gasteiger partial charge in [-0.15, -0.1) is 0 Å². The molecule has 0 aliphatic carbocycles. The van der Waals surface area contributed by atoms with E-state index in [9.17, 15) is 0 Å². The van der Waals surface area contributed by atoms with Crippen LogP contribution in [-0.4, -0.2) is 29.5 Å². The third kappa shape index (κ3) is 2.64. The lowest BCUT2D eigenvalue weighted by Gasteiger charge is -2.07. The molecule has 0 fully saturated rings. The van der Waals surface area contributed by atoms with E-state index in [1.165, 1.54) is 0 Å². The molecule has 6 aromatic rings. The molecule has 0 saturated heterocycles. The highest BCUT2D eigenvalue weighted by molar-refractivity contribution is 5.94. The van der Waals surface area contributed by atoms with Crippen molar-refractivity contribution < 1.29 is 4.52 Å². The second kappa shape index (κ2) is 6.59. The van der Waals surface area contributed by atoms with E-state index < -0.39 is 0 Å². The molecule has 0 radical (unpaired) electrons. The normalized spacial score (nSPS) is 11.3. The van der Waals surface area contributed by atoms with Crippen molar-refractivity contribution in [3.63, 3.8) is 0 Å². The SMILES string of the molecule is c1ccc(-c2cc(-c3nc(-c4cnc5cnccn45)no3)c3ccccc3n2)cc1. The summed E-state index contributed by atoms with van der Waals surface area (Å²) in [6, 6.07) is 20.0. The molecule has 0 spiro atoms. The van der Waals surface area contributed by atoms with E-state index in [1.54, 1.807) is 18.6 Å². The summed E-state index contributed by atoms with van der Waals surface area (Å²) in [7, 11) is 0. The maximum atomic E-state index is 5.68. The van der Waals surface area contributed by atoms with Crippen LogP contribution in [0.15, 0.2) is 90.0 Å². The Morgan fingerprint density at radius 1 is 0.867 bits per heavy atom. The third-order valence-electron chi connectivity index (χ3n) is 4.99. The number of hydrogen-bond acceptors (Lipinski definition) is 6. The Morgan fingerprint density at radius 2 is 1.73 bits per heavy atom.